The number of rotatable bonds is 5. The second kappa shape index (κ2) is 7.47. The summed E-state index contributed by atoms with van der Waals surface area (Å²) in [6.45, 7) is 4.74. The lowest BCUT2D eigenvalue weighted by atomic mass is 10.1. The minimum absolute atomic E-state index is 0.106. The van der Waals surface area contributed by atoms with E-state index in [2.05, 4.69) is 4.72 Å². The van der Waals surface area contributed by atoms with Gasteiger partial charge in [0.2, 0.25) is 0 Å². The largest absolute Gasteiger partial charge is 0.373 e. The molecule has 1 heterocycles. The lowest BCUT2D eigenvalue weighted by Crippen LogP contribution is -2.52. The quantitative estimate of drug-likeness (QED) is 0.870. The Morgan fingerprint density at radius 2 is 1.91 bits per heavy atom. The minimum Gasteiger partial charge on any atom is -0.373 e. The Hall–Kier alpha value is -0.370. The first-order valence-corrected chi connectivity index (χ1v) is 9.31. The van der Waals surface area contributed by atoms with Gasteiger partial charge in [-0.1, -0.05) is 29.3 Å². The van der Waals surface area contributed by atoms with E-state index >= 15 is 0 Å². The predicted octanol–water partition coefficient (Wildman–Crippen LogP) is 2.48. The molecule has 0 radical (unpaired) electrons. The van der Waals surface area contributed by atoms with E-state index in [0.29, 0.717) is 29.6 Å². The first kappa shape index (κ1) is 18.0. The van der Waals surface area contributed by atoms with E-state index in [4.69, 9.17) is 27.9 Å². The van der Waals surface area contributed by atoms with Gasteiger partial charge in [0.05, 0.1) is 12.2 Å². The van der Waals surface area contributed by atoms with Crippen molar-refractivity contribution in [1.29, 1.82) is 0 Å². The molecule has 0 unspecified atom stereocenters. The first-order valence-electron chi connectivity index (χ1n) is 7.12. The van der Waals surface area contributed by atoms with Crippen LogP contribution in [0.15, 0.2) is 18.2 Å². The van der Waals surface area contributed by atoms with Gasteiger partial charge in [-0.05, 0) is 38.0 Å². The van der Waals surface area contributed by atoms with Gasteiger partial charge in [0.15, 0.2) is 0 Å². The van der Waals surface area contributed by atoms with Gasteiger partial charge in [0.25, 0.3) is 10.2 Å². The molecule has 124 valence electrons. The zero-order chi connectivity index (χ0) is 16.3. The van der Waals surface area contributed by atoms with Crippen molar-refractivity contribution in [3.05, 3.63) is 33.8 Å². The van der Waals surface area contributed by atoms with Crippen molar-refractivity contribution in [2.45, 2.75) is 32.5 Å². The van der Waals surface area contributed by atoms with Crippen LogP contribution in [0.25, 0.3) is 0 Å². The fourth-order valence-electron chi connectivity index (χ4n) is 2.46. The van der Waals surface area contributed by atoms with Crippen LogP contribution in [0, 0.1) is 0 Å². The molecule has 0 saturated carbocycles. The molecule has 1 N–H and O–H groups in total. The van der Waals surface area contributed by atoms with Crippen LogP contribution in [-0.2, 0) is 21.4 Å². The molecule has 1 fully saturated rings. The summed E-state index contributed by atoms with van der Waals surface area (Å²) in [6.07, 6.45) is 0.294. The highest BCUT2D eigenvalue weighted by Gasteiger charge is 2.30. The smallest absolute Gasteiger partial charge is 0.279 e. The van der Waals surface area contributed by atoms with Crippen molar-refractivity contribution in [1.82, 2.24) is 9.03 Å². The highest BCUT2D eigenvalue weighted by molar-refractivity contribution is 7.87. The molecule has 1 aromatic rings. The van der Waals surface area contributed by atoms with Crippen LogP contribution in [0.5, 0.6) is 0 Å². The van der Waals surface area contributed by atoms with Crippen molar-refractivity contribution < 1.29 is 13.2 Å². The Morgan fingerprint density at radius 1 is 1.27 bits per heavy atom. The van der Waals surface area contributed by atoms with E-state index in [-0.39, 0.29) is 18.8 Å². The Morgan fingerprint density at radius 3 is 2.50 bits per heavy atom. The lowest BCUT2D eigenvalue weighted by molar-refractivity contribution is -0.0443. The molecule has 1 aliphatic heterocycles. The Kier molecular flexibility index (Phi) is 6.10. The second-order valence-corrected chi connectivity index (χ2v) is 8.06. The normalized spacial score (nSPS) is 23.6. The summed E-state index contributed by atoms with van der Waals surface area (Å²) in [7, 11) is -3.51. The van der Waals surface area contributed by atoms with E-state index in [0.717, 1.165) is 5.56 Å². The monoisotopic (exact) mass is 366 g/mol. The molecular formula is C14H20Cl2N2O3S. The lowest BCUT2D eigenvalue weighted by Gasteiger charge is -2.34. The van der Waals surface area contributed by atoms with Crippen molar-refractivity contribution in [2.75, 3.05) is 19.6 Å². The molecule has 0 aromatic heterocycles. The zero-order valence-electron chi connectivity index (χ0n) is 12.6. The van der Waals surface area contributed by atoms with Crippen LogP contribution in [-0.4, -0.2) is 44.6 Å². The highest BCUT2D eigenvalue weighted by atomic mass is 35.5. The fourth-order valence-corrected chi connectivity index (χ4v) is 4.32. The van der Waals surface area contributed by atoms with Crippen LogP contribution in [0.2, 0.25) is 10.0 Å². The van der Waals surface area contributed by atoms with Crippen molar-refractivity contribution in [2.24, 2.45) is 0 Å². The van der Waals surface area contributed by atoms with E-state index in [1.165, 1.54) is 4.31 Å². The van der Waals surface area contributed by atoms with Gasteiger partial charge in [-0.25, -0.2) is 4.72 Å². The molecule has 0 aliphatic carbocycles. The third kappa shape index (κ3) is 4.81. The van der Waals surface area contributed by atoms with Crippen molar-refractivity contribution >= 4 is 33.4 Å². The molecule has 5 nitrogen and oxygen atoms in total. The third-order valence-electron chi connectivity index (χ3n) is 3.42. The van der Waals surface area contributed by atoms with Gasteiger partial charge < -0.3 is 4.74 Å². The minimum atomic E-state index is -3.51. The van der Waals surface area contributed by atoms with Crippen LogP contribution in [0.4, 0.5) is 0 Å². The number of benzene rings is 1. The average molecular weight is 367 g/mol. The molecule has 0 spiro atoms. The molecule has 0 bridgehead atoms. The van der Waals surface area contributed by atoms with Gasteiger partial charge >= 0.3 is 0 Å². The summed E-state index contributed by atoms with van der Waals surface area (Å²) in [5, 5.41) is 1.10. The summed E-state index contributed by atoms with van der Waals surface area (Å²) < 4.78 is 34.2. The fraction of sp³-hybridized carbons (Fsp3) is 0.571. The summed E-state index contributed by atoms with van der Waals surface area (Å²) in [5.74, 6) is 0. The summed E-state index contributed by atoms with van der Waals surface area (Å²) in [5.41, 5.74) is 0.859. The number of morpholine rings is 1. The molecule has 0 amide bonds. The first-order chi connectivity index (χ1) is 10.3. The average Bonchev–Trinajstić information content (AvgIpc) is 2.40. The highest BCUT2D eigenvalue weighted by Crippen LogP contribution is 2.21. The van der Waals surface area contributed by atoms with Gasteiger partial charge in [-0.2, -0.15) is 12.7 Å². The van der Waals surface area contributed by atoms with Crippen molar-refractivity contribution in [3.8, 4) is 0 Å². The molecule has 1 aliphatic rings. The topological polar surface area (TPSA) is 58.6 Å². The van der Waals surface area contributed by atoms with E-state index < -0.39 is 10.2 Å². The maximum Gasteiger partial charge on any atom is 0.279 e. The SMILES string of the molecule is C[C@H]1CN(S(=O)(=O)NCCc2ccc(Cl)cc2Cl)C[C@H](C)O1. The van der Waals surface area contributed by atoms with Gasteiger partial charge in [0, 0.05) is 29.7 Å². The standard InChI is InChI=1S/C14H20Cl2N2O3S/c1-10-8-18(9-11(2)21-10)22(19,20)17-6-5-12-3-4-13(15)7-14(12)16/h3-4,7,10-11,17H,5-6,8-9H2,1-2H3/t10-,11-/m0/s1. The Balaban J connectivity index is 1.92. The van der Waals surface area contributed by atoms with Crippen LogP contribution >= 0.6 is 23.2 Å². The van der Waals surface area contributed by atoms with E-state index in [9.17, 15) is 8.42 Å². The van der Waals surface area contributed by atoms with E-state index in [1.807, 2.05) is 13.8 Å². The molecule has 2 rings (SSSR count). The number of hydrogen-bond acceptors (Lipinski definition) is 3. The number of nitrogens with one attached hydrogen (secondary N) is 1. The molecule has 2 atom stereocenters. The van der Waals surface area contributed by atoms with Gasteiger partial charge in [0.1, 0.15) is 0 Å². The Bertz CT molecular complexity index is 615. The molecule has 22 heavy (non-hydrogen) atoms. The number of ether oxygens (including phenoxy) is 1. The second-order valence-electron chi connectivity index (χ2n) is 5.46. The molecule has 8 heteroatoms. The third-order valence-corrected chi connectivity index (χ3v) is 5.55. The summed E-state index contributed by atoms with van der Waals surface area (Å²) in [6, 6.07) is 5.19. The van der Waals surface area contributed by atoms with Crippen molar-refractivity contribution in [3.63, 3.8) is 0 Å². The van der Waals surface area contributed by atoms with E-state index in [1.54, 1.807) is 18.2 Å². The summed E-state index contributed by atoms with van der Waals surface area (Å²) in [4.78, 5) is 0. The van der Waals surface area contributed by atoms with Crippen LogP contribution < -0.4 is 4.72 Å². The molecule has 1 saturated heterocycles. The zero-order valence-corrected chi connectivity index (χ0v) is 14.9. The van der Waals surface area contributed by atoms with Crippen LogP contribution in [0.1, 0.15) is 19.4 Å². The Labute approximate surface area is 141 Å². The molecular weight excluding hydrogens is 347 g/mol. The van der Waals surface area contributed by atoms with Gasteiger partial charge in [-0.15, -0.1) is 0 Å². The van der Waals surface area contributed by atoms with Gasteiger partial charge in [-0.3, -0.25) is 0 Å². The number of hydrogen-bond donors (Lipinski definition) is 1. The maximum absolute atomic E-state index is 12.3. The summed E-state index contributed by atoms with van der Waals surface area (Å²) >= 11 is 11.9. The maximum atomic E-state index is 12.3. The number of nitrogens with zero attached hydrogens (tertiary/aromatic N) is 1. The molecule has 1 aromatic carbocycles. The predicted molar refractivity (Wildman–Crippen MR) is 88.7 cm³/mol. The van der Waals surface area contributed by atoms with Crippen LogP contribution in [0.3, 0.4) is 0 Å². The number of halogens is 2.